The molecule has 3 rings (SSSR count). The number of likely N-dealkylation sites (tertiary alicyclic amines) is 1. The van der Waals surface area contributed by atoms with E-state index in [0.29, 0.717) is 23.8 Å². The van der Waals surface area contributed by atoms with Gasteiger partial charge in [-0.3, -0.25) is 9.69 Å². The Bertz CT molecular complexity index is 764. The van der Waals surface area contributed by atoms with Gasteiger partial charge in [0, 0.05) is 6.54 Å². The third-order valence-electron chi connectivity index (χ3n) is 5.63. The van der Waals surface area contributed by atoms with E-state index >= 15 is 0 Å². The maximum atomic E-state index is 12.8. The van der Waals surface area contributed by atoms with Crippen molar-refractivity contribution in [2.45, 2.75) is 45.1 Å². The van der Waals surface area contributed by atoms with E-state index in [1.165, 1.54) is 30.4 Å². The molecule has 1 aliphatic rings. The van der Waals surface area contributed by atoms with Gasteiger partial charge in [0.2, 0.25) is 0 Å². The first-order valence-electron chi connectivity index (χ1n) is 10.3. The molecular formula is C24H32N2O2. The Labute approximate surface area is 168 Å². The molecule has 0 bridgehead atoms. The second kappa shape index (κ2) is 9.74. The first kappa shape index (κ1) is 20.4. The van der Waals surface area contributed by atoms with Crippen LogP contribution in [0.1, 0.15) is 66.6 Å². The van der Waals surface area contributed by atoms with Gasteiger partial charge in [0.15, 0.2) is 0 Å². The molecule has 1 N–H and O–H groups in total. The number of rotatable bonds is 7. The normalized spacial score (nSPS) is 16.0. The van der Waals surface area contributed by atoms with Crippen LogP contribution in [0.4, 0.5) is 0 Å². The third kappa shape index (κ3) is 4.93. The van der Waals surface area contributed by atoms with Gasteiger partial charge in [-0.25, -0.2) is 0 Å². The highest BCUT2D eigenvalue weighted by molar-refractivity contribution is 5.96. The number of nitrogens with zero attached hydrogens (tertiary/aromatic N) is 1. The van der Waals surface area contributed by atoms with Crippen LogP contribution in [0.5, 0.6) is 5.75 Å². The number of amides is 1. The Morgan fingerprint density at radius 2 is 1.64 bits per heavy atom. The summed E-state index contributed by atoms with van der Waals surface area (Å²) in [5.74, 6) is 1.04. The minimum Gasteiger partial charge on any atom is -0.496 e. The van der Waals surface area contributed by atoms with Crippen molar-refractivity contribution in [1.29, 1.82) is 0 Å². The van der Waals surface area contributed by atoms with Crippen molar-refractivity contribution in [2.75, 3.05) is 26.7 Å². The van der Waals surface area contributed by atoms with Crippen LogP contribution in [-0.4, -0.2) is 37.6 Å². The van der Waals surface area contributed by atoms with Gasteiger partial charge in [0.1, 0.15) is 5.75 Å². The van der Waals surface area contributed by atoms with Crippen LogP contribution in [0.25, 0.3) is 0 Å². The van der Waals surface area contributed by atoms with Crippen LogP contribution in [0, 0.1) is 0 Å². The maximum Gasteiger partial charge on any atom is 0.255 e. The van der Waals surface area contributed by atoms with E-state index in [1.54, 1.807) is 7.11 Å². The second-order valence-electron chi connectivity index (χ2n) is 7.84. The highest BCUT2D eigenvalue weighted by Crippen LogP contribution is 2.26. The molecule has 0 aliphatic carbocycles. The smallest absolute Gasteiger partial charge is 0.255 e. The number of ether oxygens (including phenoxy) is 1. The van der Waals surface area contributed by atoms with Crippen LogP contribution >= 0.6 is 0 Å². The van der Waals surface area contributed by atoms with Crippen molar-refractivity contribution in [3.05, 3.63) is 65.2 Å². The fourth-order valence-corrected chi connectivity index (χ4v) is 3.91. The zero-order valence-corrected chi connectivity index (χ0v) is 17.3. The standard InChI is InChI=1S/C24H32N2O2/c1-18(2)19-11-13-20(14-12-19)22(26-15-7-4-8-16-26)17-25-24(27)21-9-5-6-10-23(21)28-3/h5-6,9-14,18,22H,4,7-8,15-17H2,1-3H3,(H,25,27)/t22-/m1/s1. The molecule has 0 aromatic heterocycles. The summed E-state index contributed by atoms with van der Waals surface area (Å²) >= 11 is 0. The van der Waals surface area contributed by atoms with Gasteiger partial charge in [-0.2, -0.15) is 0 Å². The van der Waals surface area contributed by atoms with E-state index in [4.69, 9.17) is 4.74 Å². The average Bonchev–Trinajstić information content (AvgIpc) is 2.74. The van der Waals surface area contributed by atoms with Crippen molar-refractivity contribution in [3.8, 4) is 5.75 Å². The Balaban J connectivity index is 1.76. The molecule has 0 saturated carbocycles. The molecule has 1 amide bonds. The summed E-state index contributed by atoms with van der Waals surface area (Å²) in [7, 11) is 1.60. The molecule has 1 aliphatic heterocycles. The summed E-state index contributed by atoms with van der Waals surface area (Å²) in [5, 5.41) is 3.15. The molecule has 1 fully saturated rings. The Kier molecular flexibility index (Phi) is 7.10. The minimum atomic E-state index is -0.0849. The van der Waals surface area contributed by atoms with Crippen molar-refractivity contribution < 1.29 is 9.53 Å². The SMILES string of the molecule is COc1ccccc1C(=O)NC[C@H](c1ccc(C(C)C)cc1)N1CCCCC1. The summed E-state index contributed by atoms with van der Waals surface area (Å²) in [5.41, 5.74) is 3.20. The predicted molar refractivity (Wildman–Crippen MR) is 114 cm³/mol. The van der Waals surface area contributed by atoms with Crippen LogP contribution in [0.3, 0.4) is 0 Å². The van der Waals surface area contributed by atoms with Gasteiger partial charge >= 0.3 is 0 Å². The quantitative estimate of drug-likeness (QED) is 0.752. The van der Waals surface area contributed by atoms with Gasteiger partial charge in [0.25, 0.3) is 5.91 Å². The first-order chi connectivity index (χ1) is 13.6. The summed E-state index contributed by atoms with van der Waals surface area (Å²) < 4.78 is 5.34. The van der Waals surface area contributed by atoms with Crippen molar-refractivity contribution in [2.24, 2.45) is 0 Å². The molecule has 4 heteroatoms. The van der Waals surface area contributed by atoms with Gasteiger partial charge in [-0.1, -0.05) is 56.7 Å². The molecule has 150 valence electrons. The molecule has 2 aromatic rings. The fraction of sp³-hybridized carbons (Fsp3) is 0.458. The Morgan fingerprint density at radius 3 is 2.29 bits per heavy atom. The first-order valence-corrected chi connectivity index (χ1v) is 10.3. The Morgan fingerprint density at radius 1 is 1.00 bits per heavy atom. The number of hydrogen-bond donors (Lipinski definition) is 1. The number of carbonyl (C=O) groups excluding carboxylic acids is 1. The molecule has 1 saturated heterocycles. The van der Waals surface area contributed by atoms with E-state index in [9.17, 15) is 4.79 Å². The molecule has 28 heavy (non-hydrogen) atoms. The summed E-state index contributed by atoms with van der Waals surface area (Å²) in [6, 6.07) is 16.5. The number of para-hydroxylation sites is 1. The van der Waals surface area contributed by atoms with Crippen LogP contribution < -0.4 is 10.1 Å². The van der Waals surface area contributed by atoms with Crippen LogP contribution in [-0.2, 0) is 0 Å². The number of carbonyl (C=O) groups is 1. The van der Waals surface area contributed by atoms with Crippen LogP contribution in [0.15, 0.2) is 48.5 Å². The summed E-state index contributed by atoms with van der Waals surface area (Å²) in [4.78, 5) is 15.3. The third-order valence-corrected chi connectivity index (χ3v) is 5.63. The zero-order chi connectivity index (χ0) is 19.9. The highest BCUT2D eigenvalue weighted by atomic mass is 16.5. The van der Waals surface area contributed by atoms with Gasteiger partial charge in [0.05, 0.1) is 18.7 Å². The lowest BCUT2D eigenvalue weighted by Gasteiger charge is -2.35. The molecular weight excluding hydrogens is 348 g/mol. The zero-order valence-electron chi connectivity index (χ0n) is 17.3. The van der Waals surface area contributed by atoms with Crippen molar-refractivity contribution in [3.63, 3.8) is 0 Å². The molecule has 1 heterocycles. The molecule has 0 unspecified atom stereocenters. The number of hydrogen-bond acceptors (Lipinski definition) is 3. The highest BCUT2D eigenvalue weighted by Gasteiger charge is 2.23. The monoisotopic (exact) mass is 380 g/mol. The number of piperidine rings is 1. The molecule has 0 spiro atoms. The van der Waals surface area contributed by atoms with Crippen molar-refractivity contribution >= 4 is 5.91 Å². The predicted octanol–water partition coefficient (Wildman–Crippen LogP) is 4.78. The number of methoxy groups -OCH3 is 1. The lowest BCUT2D eigenvalue weighted by atomic mass is 9.97. The minimum absolute atomic E-state index is 0.0849. The Hall–Kier alpha value is -2.33. The number of nitrogens with one attached hydrogen (secondary N) is 1. The molecule has 0 radical (unpaired) electrons. The largest absolute Gasteiger partial charge is 0.496 e. The maximum absolute atomic E-state index is 12.8. The van der Waals surface area contributed by atoms with Gasteiger partial charge < -0.3 is 10.1 Å². The second-order valence-corrected chi connectivity index (χ2v) is 7.84. The van der Waals surface area contributed by atoms with Gasteiger partial charge in [-0.05, 0) is 55.1 Å². The van der Waals surface area contributed by atoms with Crippen molar-refractivity contribution in [1.82, 2.24) is 10.2 Å². The van der Waals surface area contributed by atoms with E-state index in [1.807, 2.05) is 24.3 Å². The van der Waals surface area contributed by atoms with E-state index in [2.05, 4.69) is 48.3 Å². The number of benzene rings is 2. The van der Waals surface area contributed by atoms with Gasteiger partial charge in [-0.15, -0.1) is 0 Å². The fourth-order valence-electron chi connectivity index (χ4n) is 3.91. The molecule has 2 aromatic carbocycles. The summed E-state index contributed by atoms with van der Waals surface area (Å²) in [6.45, 7) is 7.19. The van der Waals surface area contributed by atoms with E-state index in [0.717, 1.165) is 13.1 Å². The van der Waals surface area contributed by atoms with E-state index < -0.39 is 0 Å². The topological polar surface area (TPSA) is 41.6 Å². The lowest BCUT2D eigenvalue weighted by molar-refractivity contribution is 0.0921. The van der Waals surface area contributed by atoms with E-state index in [-0.39, 0.29) is 11.9 Å². The molecule has 1 atom stereocenters. The van der Waals surface area contributed by atoms with Crippen LogP contribution in [0.2, 0.25) is 0 Å². The lowest BCUT2D eigenvalue weighted by Crippen LogP contribution is -2.40. The summed E-state index contributed by atoms with van der Waals surface area (Å²) in [6.07, 6.45) is 3.74. The average molecular weight is 381 g/mol. The molecule has 4 nitrogen and oxygen atoms in total.